The number of nitrogens with zero attached hydrogens (tertiary/aromatic N) is 5. The third-order valence-electron chi connectivity index (χ3n) is 10.8. The zero-order chi connectivity index (χ0) is 44.4. The minimum atomic E-state index is -0.880. The van der Waals surface area contributed by atoms with Gasteiger partial charge in [0, 0.05) is 35.1 Å². The molecule has 2 aliphatic rings. The fraction of sp³-hybridized carbons (Fsp3) is 0.444. The first-order valence-electron chi connectivity index (χ1n) is 20.3. The molecule has 4 atom stereocenters. The Balaban J connectivity index is 1.26. The van der Waals surface area contributed by atoms with Crippen LogP contribution in [-0.4, -0.2) is 120 Å². The number of aliphatic imine (C=N–C) groups is 1. The van der Waals surface area contributed by atoms with Crippen LogP contribution >= 0.6 is 0 Å². The average Bonchev–Trinajstić information content (AvgIpc) is 4.06. The number of H-pyrrole nitrogens is 1. The molecule has 0 spiro atoms. The van der Waals surface area contributed by atoms with Crippen molar-refractivity contribution in [3.05, 3.63) is 83.3 Å². The highest BCUT2D eigenvalue weighted by Gasteiger charge is 2.42. The fourth-order valence-corrected chi connectivity index (χ4v) is 7.37. The van der Waals surface area contributed by atoms with Gasteiger partial charge in [-0.3, -0.25) is 19.5 Å². The standard InChI is InChI=1S/C45H56N8O8/c1-10-34(47-29(6)37-25-51(45(58)61-9)26-53(37)42(55)39(28(4)5)50-44(57)60-8)32-19-15-30(16-20-32)13-14-31-17-21-33(22-18-31)35-24-46-40(48-35)36-12-11-23-52(36)41(54)38(27(2)3)49-43(56)59-7/h10,15-22,24,27-28,36-39H,11-12,23,25-26H2,1-9H3,(H,46,48)(H,49,56)(H,50,57)/b34-10-,47-29+/t36-,37-,38-,39-/m0/s1. The fourth-order valence-electron chi connectivity index (χ4n) is 7.37. The van der Waals surface area contributed by atoms with Crippen LogP contribution in [0.1, 0.15) is 82.9 Å². The van der Waals surface area contributed by atoms with E-state index in [2.05, 4.69) is 27.5 Å². The van der Waals surface area contributed by atoms with Gasteiger partial charge in [0.2, 0.25) is 11.8 Å². The second-order valence-electron chi connectivity index (χ2n) is 15.6. The van der Waals surface area contributed by atoms with E-state index in [1.165, 1.54) is 31.1 Å². The van der Waals surface area contributed by atoms with Crippen LogP contribution in [0.25, 0.3) is 17.0 Å². The molecule has 1 aromatic heterocycles. The molecule has 16 nitrogen and oxygen atoms in total. The monoisotopic (exact) mass is 836 g/mol. The predicted molar refractivity (Wildman–Crippen MR) is 230 cm³/mol. The number of rotatable bonds is 11. The number of carbonyl (C=O) groups excluding carboxylic acids is 5. The van der Waals surface area contributed by atoms with Gasteiger partial charge < -0.3 is 39.6 Å². The third-order valence-corrected chi connectivity index (χ3v) is 10.8. The summed E-state index contributed by atoms with van der Waals surface area (Å²) < 4.78 is 14.5. The summed E-state index contributed by atoms with van der Waals surface area (Å²) in [6, 6.07) is 13.1. The van der Waals surface area contributed by atoms with Crippen LogP contribution in [0.15, 0.2) is 65.8 Å². The lowest BCUT2D eigenvalue weighted by Gasteiger charge is -2.30. The molecular formula is C45H56N8O8. The largest absolute Gasteiger partial charge is 0.453 e. The van der Waals surface area contributed by atoms with Crippen molar-refractivity contribution in [1.29, 1.82) is 0 Å². The van der Waals surface area contributed by atoms with Crippen molar-refractivity contribution in [2.75, 3.05) is 41.1 Å². The SMILES string of the molecule is C/C=C(\N=C(/C)[C@@H]1CN(C(=O)OC)CN1C(=O)[C@@H](NC(=O)OC)C(C)C)c1ccc(C#Cc2ccc(-c3c[nH]c([C@@H]4CCCN4C(=O)[C@@H](NC(=O)OC)C(C)C)n3)cc2)cc1. The summed E-state index contributed by atoms with van der Waals surface area (Å²) in [6.07, 6.45) is 3.37. The van der Waals surface area contributed by atoms with Crippen molar-refractivity contribution in [3.63, 3.8) is 0 Å². The van der Waals surface area contributed by atoms with Gasteiger partial charge in [-0.1, -0.05) is 69.9 Å². The number of ether oxygens (including phenoxy) is 3. The summed E-state index contributed by atoms with van der Waals surface area (Å²) in [7, 11) is 3.80. The van der Waals surface area contributed by atoms with Crippen molar-refractivity contribution >= 4 is 41.5 Å². The van der Waals surface area contributed by atoms with Crippen molar-refractivity contribution in [3.8, 4) is 23.1 Å². The van der Waals surface area contributed by atoms with Crippen LogP contribution in [0, 0.1) is 23.7 Å². The van der Waals surface area contributed by atoms with Crippen LogP contribution in [0.2, 0.25) is 0 Å². The van der Waals surface area contributed by atoms with Gasteiger partial charge >= 0.3 is 18.3 Å². The van der Waals surface area contributed by atoms with Crippen LogP contribution in [-0.2, 0) is 23.8 Å². The van der Waals surface area contributed by atoms with Crippen LogP contribution in [0.5, 0.6) is 0 Å². The molecular weight excluding hydrogens is 781 g/mol. The zero-order valence-corrected chi connectivity index (χ0v) is 36.3. The Bertz CT molecular complexity index is 2180. The van der Waals surface area contributed by atoms with Crippen molar-refractivity contribution in [1.82, 2.24) is 35.3 Å². The Morgan fingerprint density at radius 2 is 1.39 bits per heavy atom. The molecule has 2 aliphatic heterocycles. The number of alkyl carbamates (subject to hydrolysis) is 2. The average molecular weight is 837 g/mol. The second-order valence-corrected chi connectivity index (χ2v) is 15.6. The molecule has 3 heterocycles. The maximum absolute atomic E-state index is 13.8. The number of methoxy groups -OCH3 is 3. The quantitative estimate of drug-likeness (QED) is 0.119. The molecule has 2 fully saturated rings. The topological polar surface area (TPSA) is 188 Å². The normalized spacial score (nSPS) is 17.7. The number of aromatic nitrogens is 2. The number of hydrogen-bond donors (Lipinski definition) is 3. The van der Waals surface area contributed by atoms with Gasteiger partial charge in [-0.25, -0.2) is 19.4 Å². The molecule has 324 valence electrons. The Hall–Kier alpha value is -6.63. The van der Waals surface area contributed by atoms with E-state index in [-0.39, 0.29) is 42.9 Å². The van der Waals surface area contributed by atoms with E-state index >= 15 is 0 Å². The van der Waals surface area contributed by atoms with Crippen molar-refractivity contribution in [2.24, 2.45) is 16.8 Å². The van der Waals surface area contributed by atoms with E-state index in [0.29, 0.717) is 23.8 Å². The lowest BCUT2D eigenvalue weighted by Crippen LogP contribution is -2.54. The maximum Gasteiger partial charge on any atom is 0.410 e. The minimum absolute atomic E-state index is 0.0259. The van der Waals surface area contributed by atoms with Crippen LogP contribution in [0.3, 0.4) is 0 Å². The van der Waals surface area contributed by atoms with Gasteiger partial charge in [-0.05, 0) is 68.4 Å². The molecule has 2 saturated heterocycles. The van der Waals surface area contributed by atoms with Crippen LogP contribution < -0.4 is 10.6 Å². The number of allylic oxidation sites excluding steroid dienone is 1. The maximum atomic E-state index is 13.8. The van der Waals surface area contributed by atoms with Gasteiger partial charge in [-0.15, -0.1) is 0 Å². The summed E-state index contributed by atoms with van der Waals surface area (Å²) in [5.74, 6) is 6.25. The summed E-state index contributed by atoms with van der Waals surface area (Å²) in [5.41, 5.74) is 5.39. The van der Waals surface area contributed by atoms with E-state index in [1.807, 2.05) is 102 Å². The molecule has 0 aliphatic carbocycles. The Labute approximate surface area is 357 Å². The number of carbonyl (C=O) groups is 5. The molecule has 3 aromatic rings. The first-order valence-corrected chi connectivity index (χ1v) is 20.3. The summed E-state index contributed by atoms with van der Waals surface area (Å²) in [4.78, 5) is 81.7. The number of likely N-dealkylation sites (tertiary alicyclic amines) is 1. The van der Waals surface area contributed by atoms with Crippen LogP contribution in [0.4, 0.5) is 14.4 Å². The van der Waals surface area contributed by atoms with E-state index in [1.54, 1.807) is 4.90 Å². The van der Waals surface area contributed by atoms with E-state index in [4.69, 9.17) is 24.2 Å². The highest BCUT2D eigenvalue weighted by Crippen LogP contribution is 2.33. The number of imidazole rings is 1. The van der Waals surface area contributed by atoms with E-state index < -0.39 is 36.4 Å². The summed E-state index contributed by atoms with van der Waals surface area (Å²) in [5, 5.41) is 5.30. The van der Waals surface area contributed by atoms with Crippen molar-refractivity contribution < 1.29 is 38.2 Å². The highest BCUT2D eigenvalue weighted by molar-refractivity contribution is 5.97. The number of hydrogen-bond acceptors (Lipinski definition) is 10. The van der Waals surface area contributed by atoms with Gasteiger partial charge in [0.15, 0.2) is 0 Å². The smallest absolute Gasteiger partial charge is 0.410 e. The zero-order valence-electron chi connectivity index (χ0n) is 36.3. The lowest BCUT2D eigenvalue weighted by atomic mass is 10.0. The van der Waals surface area contributed by atoms with Gasteiger partial charge in [0.1, 0.15) is 17.9 Å². The van der Waals surface area contributed by atoms with Gasteiger partial charge in [0.05, 0.1) is 58.0 Å². The second kappa shape index (κ2) is 20.6. The number of aromatic amines is 1. The van der Waals surface area contributed by atoms with Gasteiger partial charge in [-0.2, -0.15) is 0 Å². The molecule has 5 amide bonds. The van der Waals surface area contributed by atoms with E-state index in [0.717, 1.165) is 40.8 Å². The molecule has 2 aromatic carbocycles. The Morgan fingerprint density at radius 1 is 0.836 bits per heavy atom. The van der Waals surface area contributed by atoms with E-state index in [9.17, 15) is 24.0 Å². The number of nitrogens with one attached hydrogen (secondary N) is 3. The minimum Gasteiger partial charge on any atom is -0.453 e. The molecule has 5 rings (SSSR count). The molecule has 0 bridgehead atoms. The number of amides is 5. The molecule has 0 unspecified atom stereocenters. The highest BCUT2D eigenvalue weighted by atomic mass is 16.5. The molecule has 61 heavy (non-hydrogen) atoms. The predicted octanol–water partition coefficient (Wildman–Crippen LogP) is 5.96. The molecule has 0 saturated carbocycles. The Morgan fingerprint density at radius 3 is 1.92 bits per heavy atom. The van der Waals surface area contributed by atoms with Gasteiger partial charge in [0.25, 0.3) is 0 Å². The Kier molecular flexibility index (Phi) is 15.3. The molecule has 0 radical (unpaired) electrons. The first kappa shape index (κ1) is 45.5. The first-order chi connectivity index (χ1) is 29.2. The summed E-state index contributed by atoms with van der Waals surface area (Å²) in [6.45, 7) is 11.8. The summed E-state index contributed by atoms with van der Waals surface area (Å²) >= 11 is 0. The third kappa shape index (κ3) is 11.0. The molecule has 16 heteroatoms. The number of benzene rings is 2. The lowest BCUT2D eigenvalue weighted by molar-refractivity contribution is -0.136. The van der Waals surface area contributed by atoms with Crippen molar-refractivity contribution in [2.45, 2.75) is 78.6 Å². The molecule has 3 N–H and O–H groups in total.